The zero-order chi connectivity index (χ0) is 15.0. The molecule has 0 radical (unpaired) electrons. The number of carbonyl (C=O) groups is 1. The molecule has 0 saturated heterocycles. The molecule has 0 aliphatic rings. The molecule has 1 aromatic carbocycles. The van der Waals surface area contributed by atoms with Crippen molar-refractivity contribution in [3.63, 3.8) is 0 Å². The van der Waals surface area contributed by atoms with E-state index in [2.05, 4.69) is 0 Å². The third-order valence-electron chi connectivity index (χ3n) is 2.87. The summed E-state index contributed by atoms with van der Waals surface area (Å²) >= 11 is 0. The standard InChI is InChI=1S/C14H22N2O4/c1-18-12-7-10(8-13(19-2)11(12)9-15)20-6-4-3-5-14(16)17/h7-8H,3-6,9,15H2,1-2H3,(H2,16,17). The van der Waals surface area contributed by atoms with Gasteiger partial charge in [-0.05, 0) is 12.8 Å². The van der Waals surface area contributed by atoms with Crippen LogP contribution in [0.15, 0.2) is 12.1 Å². The lowest BCUT2D eigenvalue weighted by Crippen LogP contribution is -2.10. The number of ether oxygens (including phenoxy) is 3. The zero-order valence-corrected chi connectivity index (χ0v) is 12.0. The van der Waals surface area contributed by atoms with Crippen molar-refractivity contribution < 1.29 is 19.0 Å². The summed E-state index contributed by atoms with van der Waals surface area (Å²) in [6.07, 6.45) is 1.85. The quantitative estimate of drug-likeness (QED) is 0.663. The van der Waals surface area contributed by atoms with Gasteiger partial charge >= 0.3 is 0 Å². The van der Waals surface area contributed by atoms with Crippen molar-refractivity contribution in [1.29, 1.82) is 0 Å². The predicted molar refractivity (Wildman–Crippen MR) is 76.0 cm³/mol. The van der Waals surface area contributed by atoms with Crippen LogP contribution in [-0.4, -0.2) is 26.7 Å². The van der Waals surface area contributed by atoms with Crippen LogP contribution in [0.4, 0.5) is 0 Å². The maximum atomic E-state index is 10.6. The van der Waals surface area contributed by atoms with Gasteiger partial charge in [0.2, 0.25) is 5.91 Å². The molecular formula is C14H22N2O4. The van der Waals surface area contributed by atoms with Crippen molar-refractivity contribution in [3.8, 4) is 17.2 Å². The number of carbonyl (C=O) groups excluding carboxylic acids is 1. The normalized spacial score (nSPS) is 10.2. The molecule has 112 valence electrons. The number of hydrogen-bond acceptors (Lipinski definition) is 5. The van der Waals surface area contributed by atoms with Crippen LogP contribution in [0.3, 0.4) is 0 Å². The first kappa shape index (κ1) is 16.1. The number of primary amides is 1. The van der Waals surface area contributed by atoms with Crippen LogP contribution in [-0.2, 0) is 11.3 Å². The van der Waals surface area contributed by atoms with E-state index < -0.39 is 0 Å². The number of benzene rings is 1. The molecule has 1 rings (SSSR count). The van der Waals surface area contributed by atoms with Crippen molar-refractivity contribution in [2.45, 2.75) is 25.8 Å². The van der Waals surface area contributed by atoms with E-state index >= 15 is 0 Å². The number of methoxy groups -OCH3 is 2. The van der Waals surface area contributed by atoms with Gasteiger partial charge in [0.1, 0.15) is 17.2 Å². The fourth-order valence-electron chi connectivity index (χ4n) is 1.84. The zero-order valence-electron chi connectivity index (χ0n) is 12.0. The third-order valence-corrected chi connectivity index (χ3v) is 2.87. The van der Waals surface area contributed by atoms with Crippen molar-refractivity contribution in [2.24, 2.45) is 11.5 Å². The van der Waals surface area contributed by atoms with Crippen LogP contribution in [0, 0.1) is 0 Å². The molecule has 0 heterocycles. The van der Waals surface area contributed by atoms with Crippen molar-refractivity contribution in [2.75, 3.05) is 20.8 Å². The molecular weight excluding hydrogens is 260 g/mol. The smallest absolute Gasteiger partial charge is 0.217 e. The summed E-state index contributed by atoms with van der Waals surface area (Å²) in [5.41, 5.74) is 11.5. The lowest BCUT2D eigenvalue weighted by atomic mass is 10.1. The SMILES string of the molecule is COc1cc(OCCCCC(N)=O)cc(OC)c1CN. The van der Waals surface area contributed by atoms with Gasteiger partial charge < -0.3 is 25.7 Å². The van der Waals surface area contributed by atoms with Crippen molar-refractivity contribution in [3.05, 3.63) is 17.7 Å². The Bertz CT molecular complexity index is 424. The Morgan fingerprint density at radius 2 is 1.75 bits per heavy atom. The first-order valence-corrected chi connectivity index (χ1v) is 6.48. The van der Waals surface area contributed by atoms with Crippen LogP contribution in [0.5, 0.6) is 17.2 Å². The van der Waals surface area contributed by atoms with Gasteiger partial charge in [-0.15, -0.1) is 0 Å². The maximum Gasteiger partial charge on any atom is 0.217 e. The summed E-state index contributed by atoms with van der Waals surface area (Å²) < 4.78 is 16.2. The van der Waals surface area contributed by atoms with E-state index in [1.165, 1.54) is 0 Å². The second-order valence-corrected chi connectivity index (χ2v) is 4.28. The van der Waals surface area contributed by atoms with Crippen LogP contribution in [0.1, 0.15) is 24.8 Å². The van der Waals surface area contributed by atoms with Crippen LogP contribution >= 0.6 is 0 Å². The first-order chi connectivity index (χ1) is 9.62. The van der Waals surface area contributed by atoms with Crippen molar-refractivity contribution in [1.82, 2.24) is 0 Å². The van der Waals surface area contributed by atoms with E-state index in [0.29, 0.717) is 43.2 Å². The van der Waals surface area contributed by atoms with Gasteiger partial charge in [0.05, 0.1) is 20.8 Å². The Hall–Kier alpha value is -1.95. The number of rotatable bonds is 9. The van der Waals surface area contributed by atoms with Gasteiger partial charge in [0, 0.05) is 30.7 Å². The van der Waals surface area contributed by atoms with E-state index in [0.717, 1.165) is 12.0 Å². The van der Waals surface area contributed by atoms with E-state index in [9.17, 15) is 4.79 Å². The van der Waals surface area contributed by atoms with Gasteiger partial charge in [-0.2, -0.15) is 0 Å². The minimum atomic E-state index is -0.291. The highest BCUT2D eigenvalue weighted by molar-refractivity contribution is 5.73. The number of nitrogens with two attached hydrogens (primary N) is 2. The number of amides is 1. The minimum absolute atomic E-state index is 0.291. The molecule has 20 heavy (non-hydrogen) atoms. The summed E-state index contributed by atoms with van der Waals surface area (Å²) in [5, 5.41) is 0. The molecule has 0 spiro atoms. The van der Waals surface area contributed by atoms with Crippen LogP contribution in [0.25, 0.3) is 0 Å². The molecule has 0 aliphatic heterocycles. The van der Waals surface area contributed by atoms with Crippen LogP contribution < -0.4 is 25.7 Å². The number of unbranched alkanes of at least 4 members (excludes halogenated alkanes) is 1. The molecule has 0 saturated carbocycles. The molecule has 0 aromatic heterocycles. The summed E-state index contributed by atoms with van der Waals surface area (Å²) in [4.78, 5) is 10.6. The van der Waals surface area contributed by atoms with Gasteiger partial charge in [-0.25, -0.2) is 0 Å². The molecule has 0 bridgehead atoms. The van der Waals surface area contributed by atoms with E-state index in [1.54, 1.807) is 26.4 Å². The average Bonchev–Trinajstić information content (AvgIpc) is 2.45. The Balaban J connectivity index is 2.64. The molecule has 0 atom stereocenters. The first-order valence-electron chi connectivity index (χ1n) is 6.48. The summed E-state index contributed by atoms with van der Waals surface area (Å²) in [6, 6.07) is 3.55. The third kappa shape index (κ3) is 4.62. The van der Waals surface area contributed by atoms with Gasteiger partial charge in [-0.3, -0.25) is 4.79 Å². The molecule has 1 amide bonds. The lowest BCUT2D eigenvalue weighted by molar-refractivity contribution is -0.118. The fraction of sp³-hybridized carbons (Fsp3) is 0.500. The topological polar surface area (TPSA) is 96.8 Å². The van der Waals surface area contributed by atoms with Crippen LogP contribution in [0.2, 0.25) is 0 Å². The predicted octanol–water partition coefficient (Wildman–Crippen LogP) is 1.20. The average molecular weight is 282 g/mol. The summed E-state index contributed by atoms with van der Waals surface area (Å²) in [7, 11) is 3.15. The Labute approximate surface area is 119 Å². The highest BCUT2D eigenvalue weighted by atomic mass is 16.5. The van der Waals surface area contributed by atoms with E-state index in [-0.39, 0.29) is 5.91 Å². The largest absolute Gasteiger partial charge is 0.496 e. The fourth-order valence-corrected chi connectivity index (χ4v) is 1.84. The van der Waals surface area contributed by atoms with E-state index in [1.807, 2.05) is 0 Å². The Morgan fingerprint density at radius 3 is 2.20 bits per heavy atom. The van der Waals surface area contributed by atoms with Gasteiger partial charge in [-0.1, -0.05) is 0 Å². The molecule has 0 unspecified atom stereocenters. The molecule has 0 aliphatic carbocycles. The second-order valence-electron chi connectivity index (χ2n) is 4.28. The molecule has 6 heteroatoms. The Kier molecular flexibility index (Phi) is 6.66. The highest BCUT2D eigenvalue weighted by Crippen LogP contribution is 2.33. The van der Waals surface area contributed by atoms with E-state index in [4.69, 9.17) is 25.7 Å². The maximum absolute atomic E-state index is 10.6. The van der Waals surface area contributed by atoms with Gasteiger partial charge in [0.15, 0.2) is 0 Å². The lowest BCUT2D eigenvalue weighted by Gasteiger charge is -2.14. The molecule has 0 fully saturated rings. The summed E-state index contributed by atoms with van der Waals surface area (Å²) in [5.74, 6) is 1.63. The molecule has 4 N–H and O–H groups in total. The van der Waals surface area contributed by atoms with Gasteiger partial charge in [0.25, 0.3) is 0 Å². The number of hydrogen-bond donors (Lipinski definition) is 2. The monoisotopic (exact) mass is 282 g/mol. The highest BCUT2D eigenvalue weighted by Gasteiger charge is 2.11. The summed E-state index contributed by atoms with van der Waals surface area (Å²) in [6.45, 7) is 0.826. The second kappa shape index (κ2) is 8.27. The molecule has 1 aromatic rings. The minimum Gasteiger partial charge on any atom is -0.496 e. The molecule has 6 nitrogen and oxygen atoms in total. The van der Waals surface area contributed by atoms with Crippen molar-refractivity contribution >= 4 is 5.91 Å². The Morgan fingerprint density at radius 1 is 1.15 bits per heavy atom.